The molecule has 0 aromatic heterocycles. The van der Waals surface area contributed by atoms with Crippen LogP contribution in [0.3, 0.4) is 0 Å². The third-order valence-electron chi connectivity index (χ3n) is 3.54. The summed E-state index contributed by atoms with van der Waals surface area (Å²) in [6, 6.07) is 7.37. The molecule has 0 unspecified atom stereocenters. The third-order valence-corrected chi connectivity index (χ3v) is 3.54. The van der Waals surface area contributed by atoms with E-state index in [9.17, 15) is 9.59 Å². The molecule has 0 radical (unpaired) electrons. The van der Waals surface area contributed by atoms with Crippen LogP contribution in [-0.2, 0) is 20.9 Å². The number of hydrogen-bond donors (Lipinski definition) is 2. The second kappa shape index (κ2) is 7.78. The van der Waals surface area contributed by atoms with Crippen LogP contribution in [0.4, 0.5) is 5.69 Å². The Morgan fingerprint density at radius 1 is 1.14 bits per heavy atom. The molecule has 0 aliphatic heterocycles. The Morgan fingerprint density at radius 2 is 1.81 bits per heavy atom. The summed E-state index contributed by atoms with van der Waals surface area (Å²) in [7, 11) is 0. The van der Waals surface area contributed by atoms with Crippen molar-refractivity contribution in [2.75, 3.05) is 11.9 Å². The fourth-order valence-electron chi connectivity index (χ4n) is 2.38. The molecule has 0 heterocycles. The summed E-state index contributed by atoms with van der Waals surface area (Å²) in [4.78, 5) is 22.9. The van der Waals surface area contributed by atoms with Gasteiger partial charge < -0.3 is 15.4 Å². The Balaban J connectivity index is 1.80. The van der Waals surface area contributed by atoms with Gasteiger partial charge in [-0.3, -0.25) is 9.59 Å². The van der Waals surface area contributed by atoms with E-state index in [1.807, 2.05) is 12.1 Å². The summed E-state index contributed by atoms with van der Waals surface area (Å²) in [5.41, 5.74) is 1.67. The lowest BCUT2D eigenvalue weighted by Crippen LogP contribution is -2.35. The molecular weight excluding hydrogens is 268 g/mol. The van der Waals surface area contributed by atoms with Crippen LogP contribution in [0, 0.1) is 0 Å². The van der Waals surface area contributed by atoms with Crippen LogP contribution in [-0.4, -0.2) is 24.5 Å². The maximum absolute atomic E-state index is 11.5. The van der Waals surface area contributed by atoms with E-state index in [2.05, 4.69) is 10.6 Å². The van der Waals surface area contributed by atoms with E-state index in [0.717, 1.165) is 18.4 Å². The highest BCUT2D eigenvalue weighted by Gasteiger charge is 2.15. The van der Waals surface area contributed by atoms with E-state index in [1.54, 1.807) is 19.1 Å². The largest absolute Gasteiger partial charge is 0.374 e. The molecule has 5 nitrogen and oxygen atoms in total. The molecule has 0 spiro atoms. The Bertz CT molecular complexity index is 479. The summed E-state index contributed by atoms with van der Waals surface area (Å²) in [6.45, 7) is 2.79. The zero-order valence-corrected chi connectivity index (χ0v) is 12.4. The van der Waals surface area contributed by atoms with Gasteiger partial charge in [-0.2, -0.15) is 0 Å². The number of hydrogen-bond acceptors (Lipinski definition) is 3. The molecule has 2 amide bonds. The smallest absolute Gasteiger partial charge is 0.313 e. The predicted molar refractivity (Wildman–Crippen MR) is 80.8 cm³/mol. The average molecular weight is 290 g/mol. The first-order valence-electron chi connectivity index (χ1n) is 7.48. The molecule has 114 valence electrons. The van der Waals surface area contributed by atoms with Crippen molar-refractivity contribution in [2.24, 2.45) is 0 Å². The first kappa shape index (κ1) is 15.5. The zero-order chi connectivity index (χ0) is 15.1. The lowest BCUT2D eigenvalue weighted by molar-refractivity contribution is -0.136. The van der Waals surface area contributed by atoms with E-state index in [0.29, 0.717) is 24.9 Å². The van der Waals surface area contributed by atoms with E-state index in [-0.39, 0.29) is 0 Å². The zero-order valence-electron chi connectivity index (χ0n) is 12.4. The van der Waals surface area contributed by atoms with Crippen LogP contribution in [0.2, 0.25) is 0 Å². The van der Waals surface area contributed by atoms with Gasteiger partial charge in [-0.1, -0.05) is 25.0 Å². The van der Waals surface area contributed by atoms with Crippen LogP contribution in [0.5, 0.6) is 0 Å². The second-order valence-electron chi connectivity index (χ2n) is 5.23. The SMILES string of the molecule is CCNC(=O)C(=O)Nc1ccc(COC2CCCC2)cc1. The Labute approximate surface area is 125 Å². The van der Waals surface area contributed by atoms with Gasteiger partial charge in [-0.15, -0.1) is 0 Å². The van der Waals surface area contributed by atoms with E-state index < -0.39 is 11.8 Å². The number of benzene rings is 1. The standard InChI is InChI=1S/C16H22N2O3/c1-2-17-15(19)16(20)18-13-9-7-12(8-10-13)11-21-14-5-3-4-6-14/h7-10,14H,2-6,11H2,1H3,(H,17,19)(H,18,20). The van der Waals surface area contributed by atoms with E-state index in [1.165, 1.54) is 12.8 Å². The number of amides is 2. The minimum atomic E-state index is -0.646. The molecule has 1 fully saturated rings. The molecule has 0 bridgehead atoms. The van der Waals surface area contributed by atoms with Crippen LogP contribution in [0.25, 0.3) is 0 Å². The first-order chi connectivity index (χ1) is 10.2. The molecule has 2 N–H and O–H groups in total. The lowest BCUT2D eigenvalue weighted by atomic mass is 10.2. The van der Waals surface area contributed by atoms with Crippen LogP contribution in [0.15, 0.2) is 24.3 Å². The highest BCUT2D eigenvalue weighted by Crippen LogP contribution is 2.22. The molecule has 0 saturated heterocycles. The predicted octanol–water partition coefficient (Wildman–Crippen LogP) is 2.22. The van der Waals surface area contributed by atoms with Gasteiger partial charge in [0.1, 0.15) is 0 Å². The quantitative estimate of drug-likeness (QED) is 0.817. The van der Waals surface area contributed by atoms with Crippen molar-refractivity contribution in [1.82, 2.24) is 5.32 Å². The topological polar surface area (TPSA) is 67.4 Å². The third kappa shape index (κ3) is 4.86. The number of anilines is 1. The van der Waals surface area contributed by atoms with Crippen molar-refractivity contribution in [3.63, 3.8) is 0 Å². The number of carbonyl (C=O) groups is 2. The van der Waals surface area contributed by atoms with Gasteiger partial charge in [0, 0.05) is 12.2 Å². The van der Waals surface area contributed by atoms with Gasteiger partial charge in [-0.25, -0.2) is 0 Å². The maximum atomic E-state index is 11.5. The summed E-state index contributed by atoms with van der Waals surface area (Å²) in [6.07, 6.45) is 5.22. The summed E-state index contributed by atoms with van der Waals surface area (Å²) >= 11 is 0. The average Bonchev–Trinajstić information content (AvgIpc) is 3.00. The van der Waals surface area contributed by atoms with Gasteiger partial charge in [-0.05, 0) is 37.5 Å². The molecule has 1 aliphatic rings. The Morgan fingerprint density at radius 3 is 2.43 bits per heavy atom. The number of likely N-dealkylation sites (N-methyl/N-ethyl adjacent to an activating group) is 1. The number of nitrogens with one attached hydrogen (secondary N) is 2. The van der Waals surface area contributed by atoms with Crippen molar-refractivity contribution in [1.29, 1.82) is 0 Å². The van der Waals surface area contributed by atoms with Crippen LogP contribution in [0.1, 0.15) is 38.2 Å². The highest BCUT2D eigenvalue weighted by molar-refractivity contribution is 6.39. The normalized spacial score (nSPS) is 14.9. The van der Waals surface area contributed by atoms with E-state index >= 15 is 0 Å². The van der Waals surface area contributed by atoms with Crippen molar-refractivity contribution in [3.8, 4) is 0 Å². The van der Waals surface area contributed by atoms with Crippen LogP contribution < -0.4 is 10.6 Å². The number of ether oxygens (including phenoxy) is 1. The number of rotatable bonds is 5. The molecule has 1 aromatic rings. The Hall–Kier alpha value is -1.88. The second-order valence-corrected chi connectivity index (χ2v) is 5.23. The molecule has 1 aliphatic carbocycles. The van der Waals surface area contributed by atoms with Crippen molar-refractivity contribution in [2.45, 2.75) is 45.3 Å². The monoisotopic (exact) mass is 290 g/mol. The van der Waals surface area contributed by atoms with Crippen molar-refractivity contribution >= 4 is 17.5 Å². The van der Waals surface area contributed by atoms with Gasteiger partial charge in [0.25, 0.3) is 0 Å². The molecule has 5 heteroatoms. The molecular formula is C16H22N2O3. The molecule has 2 rings (SSSR count). The molecule has 1 saturated carbocycles. The summed E-state index contributed by atoms with van der Waals surface area (Å²) in [5.74, 6) is -1.27. The van der Waals surface area contributed by atoms with Gasteiger partial charge in [0.05, 0.1) is 12.7 Å². The minimum absolute atomic E-state index is 0.391. The van der Waals surface area contributed by atoms with Gasteiger partial charge in [0.15, 0.2) is 0 Å². The summed E-state index contributed by atoms with van der Waals surface area (Å²) < 4.78 is 5.83. The minimum Gasteiger partial charge on any atom is -0.374 e. The maximum Gasteiger partial charge on any atom is 0.313 e. The molecule has 0 atom stereocenters. The lowest BCUT2D eigenvalue weighted by Gasteiger charge is -2.11. The van der Waals surface area contributed by atoms with Crippen LogP contribution >= 0.6 is 0 Å². The van der Waals surface area contributed by atoms with Gasteiger partial charge in [0.2, 0.25) is 0 Å². The van der Waals surface area contributed by atoms with Crippen molar-refractivity contribution in [3.05, 3.63) is 29.8 Å². The summed E-state index contributed by atoms with van der Waals surface area (Å²) in [5, 5.41) is 5.02. The fraction of sp³-hybridized carbons (Fsp3) is 0.500. The van der Waals surface area contributed by atoms with Crippen molar-refractivity contribution < 1.29 is 14.3 Å². The van der Waals surface area contributed by atoms with E-state index in [4.69, 9.17) is 4.74 Å². The first-order valence-corrected chi connectivity index (χ1v) is 7.48. The van der Waals surface area contributed by atoms with Gasteiger partial charge >= 0.3 is 11.8 Å². The fourth-order valence-corrected chi connectivity index (χ4v) is 2.38. The highest BCUT2D eigenvalue weighted by atomic mass is 16.5. The molecule has 1 aromatic carbocycles. The number of carbonyl (C=O) groups excluding carboxylic acids is 2. The molecule has 21 heavy (non-hydrogen) atoms. The Kier molecular flexibility index (Phi) is 5.75.